The first-order valence-corrected chi connectivity index (χ1v) is 7.44. The van der Waals surface area contributed by atoms with Crippen LogP contribution in [-0.2, 0) is 9.59 Å². The Morgan fingerprint density at radius 2 is 2.05 bits per heavy atom. The molecular weight excluding hydrogens is 358 g/mol. The standard InChI is InChI=1S/C14H18BrN3O2.ClH/c1-9(19)17-12-5-4-11(15)7-13(12)18-14(20)10-3-2-6-16-8-10;/h4-5,7,10,16H,2-3,6,8H2,1H3,(H,17,19)(H,18,20);1H. The Labute approximate surface area is 138 Å². The van der Waals surface area contributed by atoms with Crippen LogP contribution in [0.2, 0.25) is 0 Å². The van der Waals surface area contributed by atoms with Crippen molar-refractivity contribution in [1.29, 1.82) is 0 Å². The van der Waals surface area contributed by atoms with Crippen LogP contribution in [0, 0.1) is 5.92 Å². The van der Waals surface area contributed by atoms with Crippen LogP contribution in [-0.4, -0.2) is 24.9 Å². The highest BCUT2D eigenvalue weighted by Crippen LogP contribution is 2.27. The third kappa shape index (κ3) is 5.30. The number of anilines is 2. The summed E-state index contributed by atoms with van der Waals surface area (Å²) < 4.78 is 0.851. The van der Waals surface area contributed by atoms with Gasteiger partial charge in [-0.15, -0.1) is 12.4 Å². The molecule has 1 unspecified atom stereocenters. The first-order valence-electron chi connectivity index (χ1n) is 6.65. The van der Waals surface area contributed by atoms with Crippen molar-refractivity contribution in [3.63, 3.8) is 0 Å². The van der Waals surface area contributed by atoms with Crippen molar-refractivity contribution in [3.8, 4) is 0 Å². The lowest BCUT2D eigenvalue weighted by molar-refractivity contribution is -0.120. The smallest absolute Gasteiger partial charge is 0.228 e. The van der Waals surface area contributed by atoms with Gasteiger partial charge in [-0.25, -0.2) is 0 Å². The SMILES string of the molecule is CC(=O)Nc1ccc(Br)cc1NC(=O)C1CCCNC1.Cl. The fourth-order valence-corrected chi connectivity index (χ4v) is 2.59. The van der Waals surface area contributed by atoms with E-state index in [1.165, 1.54) is 6.92 Å². The molecule has 0 radical (unpaired) electrons. The second-order valence-corrected chi connectivity index (χ2v) is 5.82. The topological polar surface area (TPSA) is 70.2 Å². The molecule has 1 aliphatic heterocycles. The van der Waals surface area contributed by atoms with Crippen LogP contribution in [0.1, 0.15) is 19.8 Å². The summed E-state index contributed by atoms with van der Waals surface area (Å²) in [6.07, 6.45) is 1.90. The monoisotopic (exact) mass is 375 g/mol. The van der Waals surface area contributed by atoms with E-state index in [4.69, 9.17) is 0 Å². The first-order chi connectivity index (χ1) is 9.56. The minimum Gasteiger partial charge on any atom is -0.325 e. The second kappa shape index (κ2) is 8.36. The number of rotatable bonds is 3. The van der Waals surface area contributed by atoms with E-state index in [2.05, 4.69) is 31.9 Å². The van der Waals surface area contributed by atoms with Crippen molar-refractivity contribution in [2.24, 2.45) is 5.92 Å². The molecule has 1 atom stereocenters. The Morgan fingerprint density at radius 3 is 2.67 bits per heavy atom. The van der Waals surface area contributed by atoms with Crippen molar-refractivity contribution < 1.29 is 9.59 Å². The molecule has 3 N–H and O–H groups in total. The maximum Gasteiger partial charge on any atom is 0.228 e. The lowest BCUT2D eigenvalue weighted by Crippen LogP contribution is -2.37. The summed E-state index contributed by atoms with van der Waals surface area (Å²) in [6.45, 7) is 3.12. The van der Waals surface area contributed by atoms with E-state index in [0.717, 1.165) is 23.9 Å². The lowest BCUT2D eigenvalue weighted by atomic mass is 9.99. The third-order valence-electron chi connectivity index (χ3n) is 3.22. The van der Waals surface area contributed by atoms with Gasteiger partial charge in [0, 0.05) is 17.9 Å². The van der Waals surface area contributed by atoms with Crippen LogP contribution in [0.4, 0.5) is 11.4 Å². The molecule has 1 aromatic rings. The highest BCUT2D eigenvalue weighted by atomic mass is 79.9. The van der Waals surface area contributed by atoms with Gasteiger partial charge in [0.15, 0.2) is 0 Å². The van der Waals surface area contributed by atoms with Crippen LogP contribution in [0.3, 0.4) is 0 Å². The van der Waals surface area contributed by atoms with Crippen LogP contribution in [0.5, 0.6) is 0 Å². The number of nitrogens with one attached hydrogen (secondary N) is 3. The summed E-state index contributed by atoms with van der Waals surface area (Å²) in [6, 6.07) is 5.38. The number of piperidine rings is 1. The summed E-state index contributed by atoms with van der Waals surface area (Å²) in [5, 5.41) is 8.84. The Balaban J connectivity index is 0.00000220. The van der Waals surface area contributed by atoms with Gasteiger partial charge in [0.05, 0.1) is 17.3 Å². The molecule has 1 aliphatic rings. The molecule has 1 heterocycles. The molecule has 0 spiro atoms. The third-order valence-corrected chi connectivity index (χ3v) is 3.71. The average molecular weight is 377 g/mol. The first kappa shape index (κ1) is 17.9. The van der Waals surface area contributed by atoms with Crippen molar-refractivity contribution in [3.05, 3.63) is 22.7 Å². The summed E-state index contributed by atoms with van der Waals surface area (Å²) in [5.74, 6) is -0.197. The minimum atomic E-state index is -0.165. The maximum absolute atomic E-state index is 12.2. The summed E-state index contributed by atoms with van der Waals surface area (Å²) >= 11 is 3.37. The molecule has 0 aliphatic carbocycles. The van der Waals surface area contributed by atoms with Crippen molar-refractivity contribution in [2.45, 2.75) is 19.8 Å². The molecule has 1 saturated heterocycles. The van der Waals surface area contributed by atoms with E-state index in [9.17, 15) is 9.59 Å². The Morgan fingerprint density at radius 1 is 1.29 bits per heavy atom. The van der Waals surface area contributed by atoms with Gasteiger partial charge in [-0.3, -0.25) is 9.59 Å². The summed E-state index contributed by atoms with van der Waals surface area (Å²) in [5.41, 5.74) is 1.22. The van der Waals surface area contributed by atoms with Crippen molar-refractivity contribution >= 4 is 51.5 Å². The van der Waals surface area contributed by atoms with Crippen LogP contribution in [0.15, 0.2) is 22.7 Å². The number of hydrogen-bond acceptors (Lipinski definition) is 3. The fraction of sp³-hybridized carbons (Fsp3) is 0.429. The molecule has 5 nitrogen and oxygen atoms in total. The van der Waals surface area contributed by atoms with E-state index in [1.807, 2.05) is 6.07 Å². The van der Waals surface area contributed by atoms with E-state index in [-0.39, 0.29) is 30.1 Å². The van der Waals surface area contributed by atoms with Gasteiger partial charge in [0.25, 0.3) is 0 Å². The molecule has 21 heavy (non-hydrogen) atoms. The molecule has 116 valence electrons. The largest absolute Gasteiger partial charge is 0.325 e. The number of carbonyl (C=O) groups excluding carboxylic acids is 2. The van der Waals surface area contributed by atoms with Crippen molar-refractivity contribution in [1.82, 2.24) is 5.32 Å². The van der Waals surface area contributed by atoms with Crippen LogP contribution in [0.25, 0.3) is 0 Å². The van der Waals surface area contributed by atoms with Gasteiger partial charge >= 0.3 is 0 Å². The molecule has 0 saturated carbocycles. The van der Waals surface area contributed by atoms with Gasteiger partial charge in [0.1, 0.15) is 0 Å². The minimum absolute atomic E-state index is 0. The number of carbonyl (C=O) groups is 2. The second-order valence-electron chi connectivity index (χ2n) is 4.90. The highest BCUT2D eigenvalue weighted by molar-refractivity contribution is 9.10. The van der Waals surface area contributed by atoms with E-state index < -0.39 is 0 Å². The van der Waals surface area contributed by atoms with E-state index in [1.54, 1.807) is 12.1 Å². The Hall–Kier alpha value is -1.11. The van der Waals surface area contributed by atoms with Crippen LogP contribution < -0.4 is 16.0 Å². The predicted octanol–water partition coefficient (Wildman–Crippen LogP) is 2.77. The number of halogens is 2. The number of hydrogen-bond donors (Lipinski definition) is 3. The maximum atomic E-state index is 12.2. The molecule has 1 aromatic carbocycles. The summed E-state index contributed by atoms with van der Waals surface area (Å²) in [7, 11) is 0. The van der Waals surface area contributed by atoms with Crippen LogP contribution >= 0.6 is 28.3 Å². The van der Waals surface area contributed by atoms with Gasteiger partial charge in [-0.05, 0) is 37.6 Å². The van der Waals surface area contributed by atoms with Gasteiger partial charge in [-0.1, -0.05) is 15.9 Å². The molecule has 2 rings (SSSR count). The zero-order valence-electron chi connectivity index (χ0n) is 11.7. The van der Waals surface area contributed by atoms with Gasteiger partial charge in [0.2, 0.25) is 11.8 Å². The zero-order valence-corrected chi connectivity index (χ0v) is 14.1. The molecule has 0 bridgehead atoms. The lowest BCUT2D eigenvalue weighted by Gasteiger charge is -2.22. The average Bonchev–Trinajstić information content (AvgIpc) is 2.42. The fourth-order valence-electron chi connectivity index (χ4n) is 2.23. The molecule has 0 aromatic heterocycles. The normalized spacial score (nSPS) is 17.5. The summed E-state index contributed by atoms with van der Waals surface area (Å²) in [4.78, 5) is 23.4. The number of benzene rings is 1. The molecule has 7 heteroatoms. The molecular formula is C14H19BrClN3O2. The van der Waals surface area contributed by atoms with E-state index in [0.29, 0.717) is 17.9 Å². The van der Waals surface area contributed by atoms with Gasteiger partial charge < -0.3 is 16.0 Å². The quantitative estimate of drug-likeness (QED) is 0.760. The number of amides is 2. The van der Waals surface area contributed by atoms with Gasteiger partial charge in [-0.2, -0.15) is 0 Å². The molecule has 1 fully saturated rings. The van der Waals surface area contributed by atoms with Crippen molar-refractivity contribution in [2.75, 3.05) is 23.7 Å². The highest BCUT2D eigenvalue weighted by Gasteiger charge is 2.21. The zero-order chi connectivity index (χ0) is 14.5. The Kier molecular flexibility index (Phi) is 7.14. The Bertz CT molecular complexity index is 519. The van der Waals surface area contributed by atoms with E-state index >= 15 is 0 Å². The molecule has 2 amide bonds. The predicted molar refractivity (Wildman–Crippen MR) is 89.9 cm³/mol.